The molecule has 0 amide bonds. The Morgan fingerprint density at radius 2 is 1.80 bits per heavy atom. The van der Waals surface area contributed by atoms with E-state index in [-0.39, 0.29) is 5.82 Å². The highest BCUT2D eigenvalue weighted by molar-refractivity contribution is 9.09. The molecule has 0 aliphatic rings. The average molecular weight is 273 g/mol. The number of hydrogen-bond acceptors (Lipinski definition) is 0. The van der Waals surface area contributed by atoms with Gasteiger partial charge in [0, 0.05) is 4.83 Å². The fourth-order valence-corrected chi connectivity index (χ4v) is 1.81. The second kappa shape index (κ2) is 6.26. The van der Waals surface area contributed by atoms with Gasteiger partial charge in [0.15, 0.2) is 0 Å². The van der Waals surface area contributed by atoms with Gasteiger partial charge < -0.3 is 0 Å². The van der Waals surface area contributed by atoms with Crippen molar-refractivity contribution in [2.24, 2.45) is 5.92 Å². The molecule has 0 aliphatic heterocycles. The number of hydrogen-bond donors (Lipinski definition) is 0. The Labute approximate surface area is 100 Å². The highest BCUT2D eigenvalue weighted by Crippen LogP contribution is 2.19. The lowest BCUT2D eigenvalue weighted by Crippen LogP contribution is -2.07. The third-order valence-corrected chi connectivity index (χ3v) is 4.10. The molecule has 0 aliphatic carbocycles. The van der Waals surface area contributed by atoms with E-state index in [1.165, 1.54) is 24.1 Å². The van der Waals surface area contributed by atoms with Crippen molar-refractivity contribution in [1.82, 2.24) is 0 Å². The van der Waals surface area contributed by atoms with Gasteiger partial charge in [-0.05, 0) is 42.9 Å². The highest BCUT2D eigenvalue weighted by Gasteiger charge is 2.08. The Hall–Kier alpha value is -0.370. The van der Waals surface area contributed by atoms with Crippen LogP contribution < -0.4 is 0 Å². The van der Waals surface area contributed by atoms with Gasteiger partial charge in [-0.2, -0.15) is 0 Å². The fourth-order valence-electron chi connectivity index (χ4n) is 1.49. The zero-order valence-electron chi connectivity index (χ0n) is 9.34. The Bertz CT molecular complexity index is 279. The molecule has 1 atom stereocenters. The third kappa shape index (κ3) is 4.78. The normalized spacial score (nSPS) is 13.1. The van der Waals surface area contributed by atoms with Gasteiger partial charge in [0.1, 0.15) is 5.82 Å². The van der Waals surface area contributed by atoms with Gasteiger partial charge in [-0.15, -0.1) is 0 Å². The van der Waals surface area contributed by atoms with E-state index in [1.807, 2.05) is 12.1 Å². The monoisotopic (exact) mass is 272 g/mol. The van der Waals surface area contributed by atoms with Crippen molar-refractivity contribution in [3.8, 4) is 0 Å². The predicted octanol–water partition coefficient (Wildman–Crippen LogP) is 4.57. The molecule has 2 heteroatoms. The van der Waals surface area contributed by atoms with Crippen LogP contribution in [0.1, 0.15) is 32.3 Å². The summed E-state index contributed by atoms with van der Waals surface area (Å²) in [5.74, 6) is 0.525. The highest BCUT2D eigenvalue weighted by atomic mass is 79.9. The maximum Gasteiger partial charge on any atom is 0.123 e. The minimum atomic E-state index is -0.153. The van der Waals surface area contributed by atoms with Crippen LogP contribution in [0.4, 0.5) is 4.39 Å². The van der Waals surface area contributed by atoms with Gasteiger partial charge in [0.2, 0.25) is 0 Å². The lowest BCUT2D eigenvalue weighted by molar-refractivity contribution is 0.562. The van der Waals surface area contributed by atoms with E-state index < -0.39 is 0 Å². The minimum Gasteiger partial charge on any atom is -0.207 e. The lowest BCUT2D eigenvalue weighted by Gasteiger charge is -2.12. The molecule has 0 heterocycles. The van der Waals surface area contributed by atoms with E-state index in [0.29, 0.717) is 10.7 Å². The predicted molar refractivity (Wildman–Crippen MR) is 66.9 cm³/mol. The van der Waals surface area contributed by atoms with Crippen molar-refractivity contribution in [3.63, 3.8) is 0 Å². The molecule has 1 aromatic rings. The van der Waals surface area contributed by atoms with Crippen LogP contribution in [0.2, 0.25) is 0 Å². The van der Waals surface area contributed by atoms with Crippen molar-refractivity contribution in [2.45, 2.75) is 37.9 Å². The lowest BCUT2D eigenvalue weighted by atomic mass is 10.0. The molecule has 0 spiro atoms. The van der Waals surface area contributed by atoms with Crippen LogP contribution in [0, 0.1) is 11.7 Å². The first-order chi connectivity index (χ1) is 7.09. The van der Waals surface area contributed by atoms with Gasteiger partial charge in [0.05, 0.1) is 0 Å². The molecular weight excluding hydrogens is 255 g/mol. The molecule has 0 saturated carbocycles. The Morgan fingerprint density at radius 3 is 2.33 bits per heavy atom. The quantitative estimate of drug-likeness (QED) is 0.689. The molecule has 1 aromatic carbocycles. The number of rotatable bonds is 5. The van der Waals surface area contributed by atoms with Crippen LogP contribution in [-0.4, -0.2) is 4.83 Å². The first-order valence-electron chi connectivity index (χ1n) is 5.48. The zero-order chi connectivity index (χ0) is 11.3. The summed E-state index contributed by atoms with van der Waals surface area (Å²) < 4.78 is 12.6. The SMILES string of the molecule is CC(C)C(Br)CCCc1ccc(F)cc1. The molecule has 0 N–H and O–H groups in total. The smallest absolute Gasteiger partial charge is 0.123 e. The van der Waals surface area contributed by atoms with Crippen LogP contribution in [0.15, 0.2) is 24.3 Å². The van der Waals surface area contributed by atoms with Crippen LogP contribution in [-0.2, 0) is 6.42 Å². The number of halogens is 2. The van der Waals surface area contributed by atoms with Gasteiger partial charge in [0.25, 0.3) is 0 Å². The summed E-state index contributed by atoms with van der Waals surface area (Å²) in [7, 11) is 0. The topological polar surface area (TPSA) is 0 Å². The molecule has 1 unspecified atom stereocenters. The van der Waals surface area contributed by atoms with E-state index in [2.05, 4.69) is 29.8 Å². The Morgan fingerprint density at radius 1 is 1.20 bits per heavy atom. The zero-order valence-corrected chi connectivity index (χ0v) is 10.9. The van der Waals surface area contributed by atoms with E-state index in [0.717, 1.165) is 12.8 Å². The van der Waals surface area contributed by atoms with Gasteiger partial charge in [-0.1, -0.05) is 41.9 Å². The summed E-state index contributed by atoms with van der Waals surface area (Å²) in [5, 5.41) is 0. The van der Waals surface area contributed by atoms with Gasteiger partial charge in [-0.25, -0.2) is 4.39 Å². The summed E-state index contributed by atoms with van der Waals surface area (Å²) in [5.41, 5.74) is 1.22. The number of aryl methyl sites for hydroxylation is 1. The molecule has 0 bridgehead atoms. The second-order valence-corrected chi connectivity index (χ2v) is 5.45. The van der Waals surface area contributed by atoms with Gasteiger partial charge >= 0.3 is 0 Å². The molecule has 1 rings (SSSR count). The van der Waals surface area contributed by atoms with Crippen LogP contribution >= 0.6 is 15.9 Å². The largest absolute Gasteiger partial charge is 0.207 e. The molecular formula is C13H18BrF. The van der Waals surface area contributed by atoms with Gasteiger partial charge in [-0.3, -0.25) is 0 Å². The number of alkyl halides is 1. The first-order valence-corrected chi connectivity index (χ1v) is 6.39. The van der Waals surface area contributed by atoms with Crippen molar-refractivity contribution in [1.29, 1.82) is 0 Å². The Balaban J connectivity index is 2.29. The standard InChI is InChI=1S/C13H18BrF/c1-10(2)13(14)5-3-4-11-6-8-12(15)9-7-11/h6-10,13H,3-5H2,1-2H3. The summed E-state index contributed by atoms with van der Waals surface area (Å²) in [6.45, 7) is 4.44. The molecule has 0 saturated heterocycles. The van der Waals surface area contributed by atoms with E-state index in [1.54, 1.807) is 0 Å². The molecule has 0 nitrogen and oxygen atoms in total. The fraction of sp³-hybridized carbons (Fsp3) is 0.538. The molecule has 0 fully saturated rings. The Kier molecular flexibility index (Phi) is 5.30. The number of benzene rings is 1. The van der Waals surface area contributed by atoms with E-state index in [4.69, 9.17) is 0 Å². The van der Waals surface area contributed by atoms with E-state index >= 15 is 0 Å². The van der Waals surface area contributed by atoms with Crippen molar-refractivity contribution < 1.29 is 4.39 Å². The van der Waals surface area contributed by atoms with Crippen molar-refractivity contribution in [2.75, 3.05) is 0 Å². The average Bonchev–Trinajstić information content (AvgIpc) is 2.20. The maximum absolute atomic E-state index is 12.6. The van der Waals surface area contributed by atoms with Crippen LogP contribution in [0.25, 0.3) is 0 Å². The molecule has 15 heavy (non-hydrogen) atoms. The van der Waals surface area contributed by atoms with E-state index in [9.17, 15) is 4.39 Å². The summed E-state index contributed by atoms with van der Waals surface area (Å²) in [4.78, 5) is 0.595. The molecule has 0 aromatic heterocycles. The summed E-state index contributed by atoms with van der Waals surface area (Å²) in [6, 6.07) is 6.80. The second-order valence-electron chi connectivity index (χ2n) is 4.28. The van der Waals surface area contributed by atoms with Crippen molar-refractivity contribution >= 4 is 15.9 Å². The van der Waals surface area contributed by atoms with Crippen molar-refractivity contribution in [3.05, 3.63) is 35.6 Å². The third-order valence-electron chi connectivity index (χ3n) is 2.58. The summed E-state index contributed by atoms with van der Waals surface area (Å²) in [6.07, 6.45) is 3.36. The van der Waals surface area contributed by atoms with Crippen LogP contribution in [0.5, 0.6) is 0 Å². The molecule has 84 valence electrons. The minimum absolute atomic E-state index is 0.153. The molecule has 0 radical (unpaired) electrons. The first kappa shape index (κ1) is 12.7. The van der Waals surface area contributed by atoms with Crippen LogP contribution in [0.3, 0.4) is 0 Å². The maximum atomic E-state index is 12.6. The summed E-state index contributed by atoms with van der Waals surface area (Å²) >= 11 is 3.67.